The third-order valence-electron chi connectivity index (χ3n) is 4.72. The fourth-order valence-electron chi connectivity index (χ4n) is 3.22. The molecular weight excluding hydrogens is 364 g/mol. The van der Waals surface area contributed by atoms with Gasteiger partial charge in [-0.1, -0.05) is 72.3 Å². The molecule has 1 aromatic heterocycles. The van der Waals surface area contributed by atoms with Crippen molar-refractivity contribution in [2.24, 2.45) is 0 Å². The molecule has 0 unspecified atom stereocenters. The van der Waals surface area contributed by atoms with Crippen molar-refractivity contribution in [3.05, 3.63) is 100 Å². The Labute approximate surface area is 168 Å². The Morgan fingerprint density at radius 2 is 1.62 bits per heavy atom. The summed E-state index contributed by atoms with van der Waals surface area (Å²) in [6.07, 6.45) is 0.710. The van der Waals surface area contributed by atoms with E-state index in [0.717, 1.165) is 11.1 Å². The summed E-state index contributed by atoms with van der Waals surface area (Å²) in [6.45, 7) is 1.90. The standard InChI is InChI=1S/C25H20O4/c1-17-12-14-21-20(16-17)23(27)25(24(28-21)19-10-6-3-7-11-19)29-22(26)15-13-18-8-4-2-5-9-18/h2-12,14,16H,13,15H2,1H3. The molecule has 0 spiro atoms. The first kappa shape index (κ1) is 18.7. The second-order valence-electron chi connectivity index (χ2n) is 6.91. The maximum absolute atomic E-state index is 13.1. The van der Waals surface area contributed by atoms with Crippen molar-refractivity contribution in [3.63, 3.8) is 0 Å². The van der Waals surface area contributed by atoms with Gasteiger partial charge in [-0.2, -0.15) is 0 Å². The maximum atomic E-state index is 13.1. The fraction of sp³-hybridized carbons (Fsp3) is 0.120. The summed E-state index contributed by atoms with van der Waals surface area (Å²) < 4.78 is 11.6. The van der Waals surface area contributed by atoms with Crippen LogP contribution in [0, 0.1) is 6.92 Å². The Balaban J connectivity index is 1.72. The van der Waals surface area contributed by atoms with E-state index >= 15 is 0 Å². The van der Waals surface area contributed by atoms with E-state index < -0.39 is 5.97 Å². The van der Waals surface area contributed by atoms with Crippen LogP contribution < -0.4 is 10.2 Å². The Morgan fingerprint density at radius 1 is 0.931 bits per heavy atom. The monoisotopic (exact) mass is 384 g/mol. The van der Waals surface area contributed by atoms with Gasteiger partial charge in [0.1, 0.15) is 5.58 Å². The Hall–Kier alpha value is -3.66. The number of fused-ring (bicyclic) bond motifs is 1. The summed E-state index contributed by atoms with van der Waals surface area (Å²) in [7, 11) is 0. The predicted octanol–water partition coefficient (Wildman–Crippen LogP) is 5.31. The lowest BCUT2D eigenvalue weighted by molar-refractivity contribution is -0.134. The molecule has 4 aromatic rings. The summed E-state index contributed by atoms with van der Waals surface area (Å²) in [5, 5.41) is 0.399. The average molecular weight is 384 g/mol. The molecule has 0 fully saturated rings. The van der Waals surface area contributed by atoms with Gasteiger partial charge in [0.15, 0.2) is 5.76 Å². The predicted molar refractivity (Wildman–Crippen MR) is 113 cm³/mol. The lowest BCUT2D eigenvalue weighted by Crippen LogP contribution is -2.16. The van der Waals surface area contributed by atoms with E-state index in [1.54, 1.807) is 12.1 Å². The highest BCUT2D eigenvalue weighted by molar-refractivity contribution is 5.84. The quantitative estimate of drug-likeness (QED) is 0.438. The highest BCUT2D eigenvalue weighted by atomic mass is 16.5. The van der Waals surface area contributed by atoms with Gasteiger partial charge in [-0.25, -0.2) is 0 Å². The summed E-state index contributed by atoms with van der Waals surface area (Å²) in [5.41, 5.74) is 2.76. The summed E-state index contributed by atoms with van der Waals surface area (Å²) in [6, 6.07) is 24.3. The zero-order chi connectivity index (χ0) is 20.2. The van der Waals surface area contributed by atoms with Crippen molar-refractivity contribution < 1.29 is 13.9 Å². The lowest BCUT2D eigenvalue weighted by Gasteiger charge is -2.11. The molecule has 29 heavy (non-hydrogen) atoms. The fourth-order valence-corrected chi connectivity index (χ4v) is 3.22. The number of ether oxygens (including phenoxy) is 1. The number of esters is 1. The molecule has 144 valence electrons. The smallest absolute Gasteiger partial charge is 0.311 e. The third-order valence-corrected chi connectivity index (χ3v) is 4.72. The van der Waals surface area contributed by atoms with Crippen molar-refractivity contribution in [3.8, 4) is 17.1 Å². The van der Waals surface area contributed by atoms with Crippen molar-refractivity contribution in [2.75, 3.05) is 0 Å². The summed E-state index contributed by atoms with van der Waals surface area (Å²) in [4.78, 5) is 25.7. The van der Waals surface area contributed by atoms with Gasteiger partial charge in [0.2, 0.25) is 11.2 Å². The molecule has 0 radical (unpaired) electrons. The van der Waals surface area contributed by atoms with Crippen LogP contribution in [0.25, 0.3) is 22.3 Å². The van der Waals surface area contributed by atoms with Crippen LogP contribution in [-0.4, -0.2) is 5.97 Å². The van der Waals surface area contributed by atoms with Gasteiger partial charge in [0, 0.05) is 12.0 Å². The number of aryl methyl sites for hydroxylation is 2. The molecule has 3 aromatic carbocycles. The maximum Gasteiger partial charge on any atom is 0.311 e. The molecular formula is C25H20O4. The molecule has 0 N–H and O–H groups in total. The number of rotatable bonds is 5. The highest BCUT2D eigenvalue weighted by Crippen LogP contribution is 2.31. The first-order valence-electron chi connectivity index (χ1n) is 9.49. The number of hydrogen-bond donors (Lipinski definition) is 0. The molecule has 4 heteroatoms. The molecule has 0 saturated carbocycles. The van der Waals surface area contributed by atoms with E-state index in [-0.39, 0.29) is 23.4 Å². The van der Waals surface area contributed by atoms with Gasteiger partial charge in [-0.05, 0) is 31.0 Å². The first-order chi connectivity index (χ1) is 14.1. The van der Waals surface area contributed by atoms with Gasteiger partial charge in [0.25, 0.3) is 0 Å². The molecule has 0 amide bonds. The molecule has 0 atom stereocenters. The first-order valence-corrected chi connectivity index (χ1v) is 9.49. The van der Waals surface area contributed by atoms with Crippen LogP contribution in [-0.2, 0) is 11.2 Å². The number of hydrogen-bond acceptors (Lipinski definition) is 4. The average Bonchev–Trinajstić information content (AvgIpc) is 2.76. The molecule has 0 saturated heterocycles. The SMILES string of the molecule is Cc1ccc2oc(-c3ccccc3)c(OC(=O)CCc3ccccc3)c(=O)c2c1. The van der Waals surface area contributed by atoms with E-state index in [1.165, 1.54) is 0 Å². The van der Waals surface area contributed by atoms with Crippen LogP contribution in [0.15, 0.2) is 88.1 Å². The number of benzene rings is 3. The van der Waals surface area contributed by atoms with Crippen molar-refractivity contribution in [2.45, 2.75) is 19.8 Å². The molecule has 0 aliphatic rings. The molecule has 0 aliphatic heterocycles. The van der Waals surface area contributed by atoms with Gasteiger partial charge in [-0.3, -0.25) is 9.59 Å². The summed E-state index contributed by atoms with van der Waals surface area (Å²) >= 11 is 0. The molecule has 4 nitrogen and oxygen atoms in total. The normalized spacial score (nSPS) is 10.8. The Kier molecular flexibility index (Phi) is 5.25. The minimum atomic E-state index is -0.467. The lowest BCUT2D eigenvalue weighted by atomic mass is 10.1. The van der Waals surface area contributed by atoms with E-state index in [1.807, 2.05) is 73.7 Å². The number of carbonyl (C=O) groups excluding carboxylic acids is 1. The zero-order valence-corrected chi connectivity index (χ0v) is 16.1. The molecule has 4 rings (SSSR count). The molecule has 0 aliphatic carbocycles. The van der Waals surface area contributed by atoms with Gasteiger partial charge in [0.05, 0.1) is 5.39 Å². The van der Waals surface area contributed by atoms with Gasteiger partial charge in [-0.15, -0.1) is 0 Å². The van der Waals surface area contributed by atoms with E-state index in [2.05, 4.69) is 0 Å². The Morgan fingerprint density at radius 3 is 2.34 bits per heavy atom. The van der Waals surface area contributed by atoms with Crippen LogP contribution in [0.1, 0.15) is 17.5 Å². The van der Waals surface area contributed by atoms with Crippen LogP contribution in [0.4, 0.5) is 0 Å². The second kappa shape index (κ2) is 8.15. The highest BCUT2D eigenvalue weighted by Gasteiger charge is 2.20. The van der Waals surface area contributed by atoms with Crippen LogP contribution >= 0.6 is 0 Å². The van der Waals surface area contributed by atoms with Crippen molar-refractivity contribution in [1.82, 2.24) is 0 Å². The van der Waals surface area contributed by atoms with Crippen LogP contribution in [0.2, 0.25) is 0 Å². The van der Waals surface area contributed by atoms with E-state index in [9.17, 15) is 9.59 Å². The molecule has 0 bridgehead atoms. The largest absolute Gasteiger partial charge is 0.452 e. The van der Waals surface area contributed by atoms with Crippen molar-refractivity contribution in [1.29, 1.82) is 0 Å². The van der Waals surface area contributed by atoms with E-state index in [0.29, 0.717) is 23.0 Å². The van der Waals surface area contributed by atoms with Gasteiger partial charge >= 0.3 is 5.97 Å². The van der Waals surface area contributed by atoms with E-state index in [4.69, 9.17) is 9.15 Å². The Bertz CT molecular complexity index is 1210. The summed E-state index contributed by atoms with van der Waals surface area (Å²) in [5.74, 6) is -0.266. The van der Waals surface area contributed by atoms with Crippen LogP contribution in [0.5, 0.6) is 5.75 Å². The topological polar surface area (TPSA) is 56.5 Å². The molecule has 1 heterocycles. The minimum Gasteiger partial charge on any atom is -0.452 e. The zero-order valence-electron chi connectivity index (χ0n) is 16.1. The number of carbonyl (C=O) groups is 1. The van der Waals surface area contributed by atoms with Crippen molar-refractivity contribution >= 4 is 16.9 Å². The minimum absolute atomic E-state index is 0.0626. The second-order valence-corrected chi connectivity index (χ2v) is 6.91. The van der Waals surface area contributed by atoms with Crippen LogP contribution in [0.3, 0.4) is 0 Å². The van der Waals surface area contributed by atoms with Gasteiger partial charge < -0.3 is 9.15 Å². The third kappa shape index (κ3) is 4.11.